The highest BCUT2D eigenvalue weighted by atomic mass is 16.1. The number of primary amides is 1. The first-order valence-electron chi connectivity index (χ1n) is 5.50. The summed E-state index contributed by atoms with van der Waals surface area (Å²) in [4.78, 5) is 23.4. The van der Waals surface area contributed by atoms with Crippen LogP contribution in [-0.4, -0.2) is 25.4 Å². The molecule has 0 aromatic carbocycles. The molecule has 3 aromatic rings. The van der Waals surface area contributed by atoms with Crippen molar-refractivity contribution >= 4 is 22.8 Å². The maximum absolute atomic E-state index is 11.1. The van der Waals surface area contributed by atoms with Crippen molar-refractivity contribution in [3.8, 4) is 5.69 Å². The topological polar surface area (TPSA) is 113 Å². The summed E-state index contributed by atoms with van der Waals surface area (Å²) in [7, 11) is 0. The summed E-state index contributed by atoms with van der Waals surface area (Å²) in [5, 5.41) is 0.869. The van der Waals surface area contributed by atoms with Gasteiger partial charge >= 0.3 is 0 Å². The van der Waals surface area contributed by atoms with Gasteiger partial charge in [0.1, 0.15) is 12.1 Å². The minimum Gasteiger partial charge on any atom is -0.383 e. The standard InChI is InChI=1S/C12H10N6O/c13-10-9(11(14)19)17-6-18(10)8-4-7-2-1-3-15-12(7)16-5-8/h1-6H,13H2,(H2,14,19). The molecule has 94 valence electrons. The molecule has 0 aliphatic carbocycles. The molecule has 1 amide bonds. The molecule has 3 heterocycles. The largest absolute Gasteiger partial charge is 0.383 e. The molecule has 0 saturated heterocycles. The molecule has 19 heavy (non-hydrogen) atoms. The number of carbonyl (C=O) groups is 1. The number of nitrogen functional groups attached to an aromatic ring is 1. The van der Waals surface area contributed by atoms with Gasteiger partial charge in [0.2, 0.25) is 0 Å². The SMILES string of the molecule is NC(=O)c1ncn(-c2cnc3ncccc3c2)c1N. The third kappa shape index (κ3) is 1.77. The lowest BCUT2D eigenvalue weighted by Crippen LogP contribution is -2.14. The van der Waals surface area contributed by atoms with E-state index in [0.29, 0.717) is 11.3 Å². The van der Waals surface area contributed by atoms with Crippen LogP contribution in [0.1, 0.15) is 10.5 Å². The zero-order valence-corrected chi connectivity index (χ0v) is 9.82. The molecular formula is C12H10N6O. The van der Waals surface area contributed by atoms with Crippen LogP contribution in [0.15, 0.2) is 36.9 Å². The van der Waals surface area contributed by atoms with Crippen LogP contribution in [0.4, 0.5) is 5.82 Å². The highest BCUT2D eigenvalue weighted by Crippen LogP contribution is 2.19. The van der Waals surface area contributed by atoms with E-state index in [1.54, 1.807) is 17.0 Å². The lowest BCUT2D eigenvalue weighted by molar-refractivity contribution is 0.0997. The maximum atomic E-state index is 11.1. The Kier molecular flexibility index (Phi) is 2.38. The number of pyridine rings is 2. The summed E-state index contributed by atoms with van der Waals surface area (Å²) >= 11 is 0. The van der Waals surface area contributed by atoms with Gasteiger partial charge in [0.25, 0.3) is 5.91 Å². The molecule has 7 nitrogen and oxygen atoms in total. The molecule has 3 aromatic heterocycles. The highest BCUT2D eigenvalue weighted by Gasteiger charge is 2.14. The first-order valence-corrected chi connectivity index (χ1v) is 5.50. The third-order valence-corrected chi connectivity index (χ3v) is 2.76. The minimum absolute atomic E-state index is 0.0475. The van der Waals surface area contributed by atoms with Crippen molar-refractivity contribution in [2.24, 2.45) is 5.73 Å². The van der Waals surface area contributed by atoms with Crippen LogP contribution in [0, 0.1) is 0 Å². The van der Waals surface area contributed by atoms with Gasteiger partial charge in [0, 0.05) is 11.6 Å². The fraction of sp³-hybridized carbons (Fsp3) is 0. The number of nitrogens with two attached hydrogens (primary N) is 2. The van der Waals surface area contributed by atoms with Crippen LogP contribution >= 0.6 is 0 Å². The van der Waals surface area contributed by atoms with Crippen LogP contribution in [0.3, 0.4) is 0 Å². The lowest BCUT2D eigenvalue weighted by Gasteiger charge is -2.05. The Morgan fingerprint density at radius 3 is 2.84 bits per heavy atom. The van der Waals surface area contributed by atoms with E-state index in [2.05, 4.69) is 15.0 Å². The van der Waals surface area contributed by atoms with E-state index in [0.717, 1.165) is 5.39 Å². The number of imidazole rings is 1. The first kappa shape index (κ1) is 11.1. The predicted octanol–water partition coefficient (Wildman–Crippen LogP) is 0.497. The number of anilines is 1. The van der Waals surface area contributed by atoms with Crippen molar-refractivity contribution in [2.45, 2.75) is 0 Å². The number of hydrogen-bond donors (Lipinski definition) is 2. The Morgan fingerprint density at radius 1 is 1.26 bits per heavy atom. The summed E-state index contributed by atoms with van der Waals surface area (Å²) in [5.74, 6) is -0.468. The second-order valence-corrected chi connectivity index (χ2v) is 3.96. The zero-order valence-electron chi connectivity index (χ0n) is 9.82. The van der Waals surface area contributed by atoms with Crippen LogP contribution in [0.2, 0.25) is 0 Å². The van der Waals surface area contributed by atoms with Crippen molar-refractivity contribution in [3.63, 3.8) is 0 Å². The van der Waals surface area contributed by atoms with Gasteiger partial charge in [-0.1, -0.05) is 0 Å². The Labute approximate surface area is 107 Å². The Balaban J connectivity index is 2.16. The molecule has 0 radical (unpaired) electrons. The van der Waals surface area contributed by atoms with Crippen LogP contribution in [0.25, 0.3) is 16.7 Å². The van der Waals surface area contributed by atoms with Crippen molar-refractivity contribution in [1.82, 2.24) is 19.5 Å². The van der Waals surface area contributed by atoms with Gasteiger partial charge in [0.15, 0.2) is 11.3 Å². The summed E-state index contributed by atoms with van der Waals surface area (Å²) in [6.45, 7) is 0. The molecule has 4 N–H and O–H groups in total. The fourth-order valence-electron chi connectivity index (χ4n) is 1.84. The van der Waals surface area contributed by atoms with Gasteiger partial charge in [0.05, 0.1) is 11.9 Å². The molecule has 0 atom stereocenters. The molecule has 3 rings (SSSR count). The lowest BCUT2D eigenvalue weighted by atomic mass is 10.2. The molecule has 0 unspecified atom stereocenters. The first-order chi connectivity index (χ1) is 9.16. The van der Waals surface area contributed by atoms with Gasteiger partial charge in [-0.05, 0) is 18.2 Å². The molecule has 0 aliphatic rings. The number of nitrogens with zero attached hydrogens (tertiary/aromatic N) is 4. The Hall–Kier alpha value is -2.96. The summed E-state index contributed by atoms with van der Waals surface area (Å²) in [6, 6.07) is 5.57. The molecule has 0 fully saturated rings. The summed E-state index contributed by atoms with van der Waals surface area (Å²) < 4.78 is 1.56. The van der Waals surface area contributed by atoms with Gasteiger partial charge in [-0.2, -0.15) is 0 Å². The highest BCUT2D eigenvalue weighted by molar-refractivity contribution is 5.95. The van der Waals surface area contributed by atoms with E-state index in [1.165, 1.54) is 6.33 Å². The van der Waals surface area contributed by atoms with Gasteiger partial charge in [-0.15, -0.1) is 0 Å². The normalized spacial score (nSPS) is 10.7. The molecule has 0 bridgehead atoms. The number of aromatic nitrogens is 4. The maximum Gasteiger partial charge on any atom is 0.271 e. The Bertz CT molecular complexity index is 779. The second-order valence-electron chi connectivity index (χ2n) is 3.96. The third-order valence-electron chi connectivity index (χ3n) is 2.76. The van der Waals surface area contributed by atoms with E-state index in [9.17, 15) is 4.79 Å². The number of fused-ring (bicyclic) bond motifs is 1. The average Bonchev–Trinajstić information content (AvgIpc) is 2.80. The quantitative estimate of drug-likeness (QED) is 0.691. The molecular weight excluding hydrogens is 244 g/mol. The fourth-order valence-corrected chi connectivity index (χ4v) is 1.84. The monoisotopic (exact) mass is 254 g/mol. The van der Waals surface area contributed by atoms with Crippen molar-refractivity contribution < 1.29 is 4.79 Å². The predicted molar refractivity (Wildman–Crippen MR) is 69.6 cm³/mol. The van der Waals surface area contributed by atoms with Crippen LogP contribution in [0.5, 0.6) is 0 Å². The number of carbonyl (C=O) groups excluding carboxylic acids is 1. The van der Waals surface area contributed by atoms with E-state index >= 15 is 0 Å². The van der Waals surface area contributed by atoms with Crippen LogP contribution in [-0.2, 0) is 0 Å². The molecule has 0 spiro atoms. The number of rotatable bonds is 2. The van der Waals surface area contributed by atoms with Gasteiger partial charge in [-0.25, -0.2) is 15.0 Å². The second kappa shape index (κ2) is 4.05. The molecule has 7 heteroatoms. The van der Waals surface area contributed by atoms with E-state index in [1.807, 2.05) is 18.2 Å². The number of amides is 1. The zero-order chi connectivity index (χ0) is 13.4. The molecule has 0 aliphatic heterocycles. The summed E-state index contributed by atoms with van der Waals surface area (Å²) in [5.41, 5.74) is 12.4. The van der Waals surface area contributed by atoms with Gasteiger partial charge < -0.3 is 11.5 Å². The van der Waals surface area contributed by atoms with E-state index in [4.69, 9.17) is 11.5 Å². The van der Waals surface area contributed by atoms with E-state index < -0.39 is 5.91 Å². The number of hydrogen-bond acceptors (Lipinski definition) is 5. The van der Waals surface area contributed by atoms with Crippen molar-refractivity contribution in [1.29, 1.82) is 0 Å². The minimum atomic E-state index is -0.660. The molecule has 0 saturated carbocycles. The smallest absolute Gasteiger partial charge is 0.271 e. The van der Waals surface area contributed by atoms with E-state index in [-0.39, 0.29) is 11.5 Å². The van der Waals surface area contributed by atoms with Crippen molar-refractivity contribution in [3.05, 3.63) is 42.6 Å². The van der Waals surface area contributed by atoms with Crippen LogP contribution < -0.4 is 11.5 Å². The van der Waals surface area contributed by atoms with Gasteiger partial charge in [-0.3, -0.25) is 9.36 Å². The summed E-state index contributed by atoms with van der Waals surface area (Å²) in [6.07, 6.45) is 4.72. The Morgan fingerprint density at radius 2 is 2.11 bits per heavy atom. The van der Waals surface area contributed by atoms with Crippen molar-refractivity contribution in [2.75, 3.05) is 5.73 Å². The average molecular weight is 254 g/mol.